The molecule has 4 aliphatic carbocycles. The molecule has 4 saturated carbocycles. The summed E-state index contributed by atoms with van der Waals surface area (Å²) < 4.78 is 0. The van der Waals surface area contributed by atoms with Gasteiger partial charge in [0, 0.05) is 18.0 Å². The summed E-state index contributed by atoms with van der Waals surface area (Å²) in [6.07, 6.45) is 15.4. The van der Waals surface area contributed by atoms with Crippen molar-refractivity contribution in [1.82, 2.24) is 4.90 Å². The zero-order chi connectivity index (χ0) is 21.6. The second-order valence-electron chi connectivity index (χ2n) is 11.1. The van der Waals surface area contributed by atoms with Crippen molar-refractivity contribution in [3.05, 3.63) is 18.6 Å². The third-order valence-corrected chi connectivity index (χ3v) is 9.73. The van der Waals surface area contributed by atoms with Crippen LogP contribution in [-0.2, 0) is 4.79 Å². The van der Waals surface area contributed by atoms with Gasteiger partial charge in [0.1, 0.15) is 5.60 Å². The smallest absolute Gasteiger partial charge is 0.156 e. The van der Waals surface area contributed by atoms with E-state index in [0.29, 0.717) is 24.2 Å². The first-order chi connectivity index (χ1) is 14.9. The molecule has 8 atom stereocenters. The molecule has 0 radical (unpaired) electrons. The van der Waals surface area contributed by atoms with E-state index in [4.69, 9.17) is 0 Å². The molecule has 1 N–H and O–H groups in total. The van der Waals surface area contributed by atoms with E-state index < -0.39 is 5.60 Å². The quantitative estimate of drug-likeness (QED) is 0.682. The Morgan fingerprint density at radius 2 is 2.00 bits per heavy atom. The number of hydrogen-bond donors (Lipinski definition) is 1. The number of carbonyl (C=O) groups excluding carboxylic acids is 1. The molecule has 5 rings (SSSR count). The van der Waals surface area contributed by atoms with Gasteiger partial charge < -0.3 is 10.0 Å². The van der Waals surface area contributed by atoms with Crippen LogP contribution in [0.25, 0.3) is 0 Å². The lowest BCUT2D eigenvalue weighted by molar-refractivity contribution is -0.131. The minimum atomic E-state index is -0.751. The Bertz CT molecular complexity index is 891. The van der Waals surface area contributed by atoms with Crippen LogP contribution < -0.4 is 0 Å². The van der Waals surface area contributed by atoms with Crippen LogP contribution in [-0.4, -0.2) is 33.8 Å². The maximum atomic E-state index is 13.3. The maximum Gasteiger partial charge on any atom is 0.156 e. The Labute approximate surface area is 186 Å². The molecule has 4 heteroatoms. The van der Waals surface area contributed by atoms with E-state index in [-0.39, 0.29) is 11.3 Å². The summed E-state index contributed by atoms with van der Waals surface area (Å²) in [5, 5.41) is 10.9. The monoisotopic (exact) mass is 420 g/mol. The fraction of sp³-hybridized carbons (Fsp3) is 0.741. The number of aliphatic hydroxyl groups is 1. The zero-order valence-electron chi connectivity index (χ0n) is 19.0. The number of ketones is 1. The number of Topliss-reactive ketones (excluding diaryl/α,β-unsaturated/α-hetero) is 1. The highest BCUT2D eigenvalue weighted by atomic mass is 16.3. The van der Waals surface area contributed by atoms with Crippen LogP contribution in [0.4, 0.5) is 0 Å². The summed E-state index contributed by atoms with van der Waals surface area (Å²) in [7, 11) is 0. The topological polar surface area (TPSA) is 52.9 Å². The van der Waals surface area contributed by atoms with Crippen LogP contribution in [0.2, 0.25) is 0 Å². The highest BCUT2D eigenvalue weighted by Gasteiger charge is 2.58. The fourth-order valence-electron chi connectivity index (χ4n) is 8.45. The zero-order valence-corrected chi connectivity index (χ0v) is 19.0. The molecule has 0 aromatic rings. The predicted molar refractivity (Wildman–Crippen MR) is 122 cm³/mol. The number of rotatable bonds is 3. The van der Waals surface area contributed by atoms with Gasteiger partial charge in [-0.3, -0.25) is 4.79 Å². The first-order valence-corrected chi connectivity index (χ1v) is 12.3. The summed E-state index contributed by atoms with van der Waals surface area (Å²) in [5.41, 5.74) is -0.593. The third kappa shape index (κ3) is 3.61. The fourth-order valence-corrected chi connectivity index (χ4v) is 8.45. The van der Waals surface area contributed by atoms with Gasteiger partial charge in [-0.05, 0) is 99.7 Å². The van der Waals surface area contributed by atoms with Crippen molar-refractivity contribution in [2.45, 2.75) is 77.2 Å². The van der Waals surface area contributed by atoms with Gasteiger partial charge in [-0.2, -0.15) is 0 Å². The lowest BCUT2D eigenvalue weighted by atomic mass is 9.49. The average molecular weight is 421 g/mol. The van der Waals surface area contributed by atoms with Gasteiger partial charge in [-0.25, -0.2) is 4.99 Å². The molecule has 3 unspecified atom stereocenters. The second kappa shape index (κ2) is 7.95. The highest BCUT2D eigenvalue weighted by Crippen LogP contribution is 2.64. The molecule has 1 heterocycles. The van der Waals surface area contributed by atoms with E-state index in [0.717, 1.165) is 43.4 Å². The summed E-state index contributed by atoms with van der Waals surface area (Å²) in [6.45, 7) is 4.71. The van der Waals surface area contributed by atoms with Crippen LogP contribution in [0.3, 0.4) is 0 Å². The molecular weight excluding hydrogens is 384 g/mol. The normalized spacial score (nSPS) is 45.3. The lowest BCUT2D eigenvalue weighted by Crippen LogP contribution is -2.51. The van der Waals surface area contributed by atoms with Gasteiger partial charge in [-0.15, -0.1) is 5.92 Å². The standard InChI is InChI=1S/C27H36N2O2/c1-3-10-27(31)12-9-20-19(17-27)4-5-22-21(20)8-11-26(2)23(22)6-7-24(26)25(30)18-29-15-13-28-14-16-29/h13,15-16,19-24,31H,4-9,11-12,17-18H2,1-2H3/t19-,20+,21?,22?,23?,24-,26+,27-/m1/s1. The van der Waals surface area contributed by atoms with Gasteiger partial charge in [0.05, 0.1) is 18.9 Å². The van der Waals surface area contributed by atoms with E-state index in [2.05, 4.69) is 29.6 Å². The Balaban J connectivity index is 1.29. The van der Waals surface area contributed by atoms with Crippen LogP contribution in [0, 0.1) is 52.8 Å². The van der Waals surface area contributed by atoms with Crippen molar-refractivity contribution in [1.29, 1.82) is 0 Å². The van der Waals surface area contributed by atoms with E-state index in [1.165, 1.54) is 32.1 Å². The Hall–Kier alpha value is -1.82. The molecule has 0 aromatic carbocycles. The predicted octanol–water partition coefficient (Wildman–Crippen LogP) is 4.55. The maximum absolute atomic E-state index is 13.3. The van der Waals surface area contributed by atoms with Crippen molar-refractivity contribution in [3.63, 3.8) is 0 Å². The van der Waals surface area contributed by atoms with Crippen LogP contribution >= 0.6 is 0 Å². The van der Waals surface area contributed by atoms with E-state index >= 15 is 0 Å². The summed E-state index contributed by atoms with van der Waals surface area (Å²) >= 11 is 0. The van der Waals surface area contributed by atoms with E-state index in [1.54, 1.807) is 12.4 Å². The lowest BCUT2D eigenvalue weighted by Gasteiger charge is -2.56. The number of fused-ring (bicyclic) bond motifs is 5. The number of carbonyl (C=O) groups is 1. The molecule has 0 amide bonds. The summed E-state index contributed by atoms with van der Waals surface area (Å²) in [6, 6.07) is 0. The second-order valence-corrected chi connectivity index (χ2v) is 11.1. The van der Waals surface area contributed by atoms with Crippen molar-refractivity contribution in [3.8, 4) is 11.8 Å². The van der Waals surface area contributed by atoms with Crippen LogP contribution in [0.15, 0.2) is 23.6 Å². The minimum absolute atomic E-state index is 0.158. The van der Waals surface area contributed by atoms with Crippen molar-refractivity contribution >= 4 is 11.7 Å². The van der Waals surface area contributed by atoms with E-state index in [1.807, 2.05) is 18.0 Å². The Morgan fingerprint density at radius 3 is 2.77 bits per heavy atom. The Morgan fingerprint density at radius 1 is 1.16 bits per heavy atom. The molecule has 0 saturated heterocycles. The average Bonchev–Trinajstić information content (AvgIpc) is 3.11. The first-order valence-electron chi connectivity index (χ1n) is 12.3. The summed E-state index contributed by atoms with van der Waals surface area (Å²) in [5.74, 6) is 13.1. The van der Waals surface area contributed by atoms with Gasteiger partial charge >= 0.3 is 0 Å². The number of nitrogens with zero attached hydrogens (tertiary/aromatic N) is 2. The third-order valence-electron chi connectivity index (χ3n) is 9.73. The molecule has 1 aliphatic heterocycles. The largest absolute Gasteiger partial charge is 0.378 e. The molecule has 0 spiro atoms. The summed E-state index contributed by atoms with van der Waals surface area (Å²) in [4.78, 5) is 19.2. The van der Waals surface area contributed by atoms with Gasteiger partial charge in [0.25, 0.3) is 0 Å². The van der Waals surface area contributed by atoms with Gasteiger partial charge in [0.15, 0.2) is 5.78 Å². The van der Waals surface area contributed by atoms with E-state index in [9.17, 15) is 9.90 Å². The SMILES string of the molecule is CC#C[C@@]1(O)CC[C@@H]2C3CC[C@@]4(C)C(CC[C@@H]4C(=O)CN4C=C=NC=C4)C3CC[C@@H]2C1. The number of hydrogen-bond acceptors (Lipinski definition) is 4. The van der Waals surface area contributed by atoms with Gasteiger partial charge in [0.2, 0.25) is 0 Å². The van der Waals surface area contributed by atoms with Crippen molar-refractivity contribution in [2.24, 2.45) is 45.9 Å². The molecule has 4 fully saturated rings. The van der Waals surface area contributed by atoms with Gasteiger partial charge in [-0.1, -0.05) is 12.8 Å². The molecular formula is C27H36N2O2. The van der Waals surface area contributed by atoms with Crippen LogP contribution in [0.1, 0.15) is 71.6 Å². The molecule has 166 valence electrons. The highest BCUT2D eigenvalue weighted by molar-refractivity contribution is 5.84. The molecule has 5 aliphatic rings. The van der Waals surface area contributed by atoms with Crippen LogP contribution in [0.5, 0.6) is 0 Å². The molecule has 4 nitrogen and oxygen atoms in total. The Kier molecular flexibility index (Phi) is 5.40. The molecule has 0 aromatic heterocycles. The van der Waals surface area contributed by atoms with Crippen molar-refractivity contribution < 1.29 is 9.90 Å². The minimum Gasteiger partial charge on any atom is -0.378 e. The van der Waals surface area contributed by atoms with Crippen molar-refractivity contribution in [2.75, 3.05) is 6.54 Å². The molecule has 0 bridgehead atoms. The molecule has 31 heavy (non-hydrogen) atoms. The first kappa shape index (κ1) is 21.0. The number of aliphatic imine (C=N–C) groups is 1.